The summed E-state index contributed by atoms with van der Waals surface area (Å²) in [6, 6.07) is 15.3. The Balaban J connectivity index is 1.92. The molecule has 0 fully saturated rings. The molecule has 0 amide bonds. The number of benzene rings is 2. The van der Waals surface area contributed by atoms with Gasteiger partial charge in [0, 0.05) is 25.0 Å². The largest absolute Gasteiger partial charge is 0.345 e. The normalized spacial score (nSPS) is 13.4. The fourth-order valence-corrected chi connectivity index (χ4v) is 2.81. The molecule has 98 valence electrons. The monoisotopic (exact) mass is 252 g/mol. The van der Waals surface area contributed by atoms with Gasteiger partial charge in [0.25, 0.3) is 0 Å². The SMILES string of the molecule is CN(c1cccc(CN)c1)c1ccc2c(c1)CCC2. The van der Waals surface area contributed by atoms with Crippen molar-refractivity contribution in [3.05, 3.63) is 59.2 Å². The lowest BCUT2D eigenvalue weighted by Gasteiger charge is -2.21. The minimum atomic E-state index is 0.589. The Morgan fingerprint density at radius 2 is 1.79 bits per heavy atom. The predicted molar refractivity (Wildman–Crippen MR) is 80.9 cm³/mol. The maximum absolute atomic E-state index is 5.71. The number of hydrogen-bond donors (Lipinski definition) is 1. The highest BCUT2D eigenvalue weighted by Crippen LogP contribution is 2.30. The first-order valence-electron chi connectivity index (χ1n) is 6.92. The number of anilines is 2. The predicted octanol–water partition coefficient (Wildman–Crippen LogP) is 3.40. The van der Waals surface area contributed by atoms with Gasteiger partial charge in [0.2, 0.25) is 0 Å². The molecule has 2 nitrogen and oxygen atoms in total. The number of aryl methyl sites for hydroxylation is 2. The number of rotatable bonds is 3. The molecule has 0 saturated heterocycles. The third kappa shape index (κ3) is 2.36. The average molecular weight is 252 g/mol. The van der Waals surface area contributed by atoms with E-state index in [2.05, 4.69) is 54.4 Å². The lowest BCUT2D eigenvalue weighted by Crippen LogP contribution is -2.10. The van der Waals surface area contributed by atoms with Crippen molar-refractivity contribution in [3.8, 4) is 0 Å². The zero-order valence-electron chi connectivity index (χ0n) is 11.4. The van der Waals surface area contributed by atoms with Gasteiger partial charge in [0.1, 0.15) is 0 Å². The van der Waals surface area contributed by atoms with E-state index in [-0.39, 0.29) is 0 Å². The van der Waals surface area contributed by atoms with E-state index in [1.54, 1.807) is 0 Å². The van der Waals surface area contributed by atoms with Crippen LogP contribution in [-0.2, 0) is 19.4 Å². The highest BCUT2D eigenvalue weighted by atomic mass is 15.1. The van der Waals surface area contributed by atoms with Crippen LogP contribution in [0.4, 0.5) is 11.4 Å². The van der Waals surface area contributed by atoms with Crippen molar-refractivity contribution in [1.29, 1.82) is 0 Å². The molecule has 1 aliphatic rings. The first-order valence-corrected chi connectivity index (χ1v) is 6.92. The molecular formula is C17H20N2. The first-order chi connectivity index (χ1) is 9.28. The van der Waals surface area contributed by atoms with Gasteiger partial charge >= 0.3 is 0 Å². The molecular weight excluding hydrogens is 232 g/mol. The molecule has 2 aromatic rings. The van der Waals surface area contributed by atoms with Crippen molar-refractivity contribution in [2.45, 2.75) is 25.8 Å². The van der Waals surface area contributed by atoms with Crippen LogP contribution in [0.5, 0.6) is 0 Å². The standard InChI is InChI=1S/C17H20N2/c1-19(16-7-2-4-13(10-16)12-18)17-9-8-14-5-3-6-15(14)11-17/h2,4,7-11H,3,5-6,12,18H2,1H3. The molecule has 0 atom stereocenters. The molecule has 0 saturated carbocycles. The van der Waals surface area contributed by atoms with Gasteiger partial charge in [0.05, 0.1) is 0 Å². The topological polar surface area (TPSA) is 29.3 Å². The van der Waals surface area contributed by atoms with Crippen LogP contribution in [0.1, 0.15) is 23.1 Å². The summed E-state index contributed by atoms with van der Waals surface area (Å²) in [5, 5.41) is 0. The Hall–Kier alpha value is -1.80. The molecule has 0 spiro atoms. The van der Waals surface area contributed by atoms with E-state index in [1.807, 2.05) is 0 Å². The highest BCUT2D eigenvalue weighted by molar-refractivity contribution is 5.64. The zero-order chi connectivity index (χ0) is 13.2. The van der Waals surface area contributed by atoms with Gasteiger partial charge in [-0.05, 0) is 60.2 Å². The van der Waals surface area contributed by atoms with Crippen molar-refractivity contribution in [2.24, 2.45) is 5.73 Å². The van der Waals surface area contributed by atoms with Crippen molar-refractivity contribution in [2.75, 3.05) is 11.9 Å². The van der Waals surface area contributed by atoms with E-state index in [0.717, 1.165) is 0 Å². The maximum atomic E-state index is 5.71. The van der Waals surface area contributed by atoms with Crippen LogP contribution in [0.3, 0.4) is 0 Å². The van der Waals surface area contributed by atoms with E-state index < -0.39 is 0 Å². The third-order valence-corrected chi connectivity index (χ3v) is 4.00. The summed E-state index contributed by atoms with van der Waals surface area (Å²) in [6.07, 6.45) is 3.76. The summed E-state index contributed by atoms with van der Waals surface area (Å²) in [6.45, 7) is 0.589. The van der Waals surface area contributed by atoms with Gasteiger partial charge < -0.3 is 10.6 Å². The fraction of sp³-hybridized carbons (Fsp3) is 0.294. The minimum Gasteiger partial charge on any atom is -0.345 e. The van der Waals surface area contributed by atoms with Gasteiger partial charge in [-0.1, -0.05) is 18.2 Å². The van der Waals surface area contributed by atoms with Crippen LogP contribution >= 0.6 is 0 Å². The quantitative estimate of drug-likeness (QED) is 0.907. The van der Waals surface area contributed by atoms with Crippen LogP contribution in [0.25, 0.3) is 0 Å². The van der Waals surface area contributed by atoms with Gasteiger partial charge in [0.15, 0.2) is 0 Å². The number of fused-ring (bicyclic) bond motifs is 1. The van der Waals surface area contributed by atoms with Crippen LogP contribution in [0.2, 0.25) is 0 Å². The van der Waals surface area contributed by atoms with Crippen molar-refractivity contribution in [1.82, 2.24) is 0 Å². The number of nitrogens with two attached hydrogens (primary N) is 1. The molecule has 2 aromatic carbocycles. The Bertz CT molecular complexity index is 590. The number of nitrogens with zero attached hydrogens (tertiary/aromatic N) is 1. The third-order valence-electron chi connectivity index (χ3n) is 4.00. The molecule has 19 heavy (non-hydrogen) atoms. The van der Waals surface area contributed by atoms with Crippen LogP contribution < -0.4 is 10.6 Å². The zero-order valence-corrected chi connectivity index (χ0v) is 11.4. The molecule has 0 unspecified atom stereocenters. The van der Waals surface area contributed by atoms with Gasteiger partial charge in [-0.2, -0.15) is 0 Å². The average Bonchev–Trinajstić information content (AvgIpc) is 2.94. The summed E-state index contributed by atoms with van der Waals surface area (Å²) in [7, 11) is 2.12. The molecule has 0 bridgehead atoms. The second kappa shape index (κ2) is 5.06. The summed E-state index contributed by atoms with van der Waals surface area (Å²) >= 11 is 0. The summed E-state index contributed by atoms with van der Waals surface area (Å²) in [5.41, 5.74) is 12.4. The molecule has 2 heteroatoms. The Labute approximate surface area is 114 Å². The second-order valence-corrected chi connectivity index (χ2v) is 5.24. The number of hydrogen-bond acceptors (Lipinski definition) is 2. The lowest BCUT2D eigenvalue weighted by molar-refractivity contribution is 0.911. The molecule has 0 radical (unpaired) electrons. The molecule has 0 aromatic heterocycles. The molecule has 3 rings (SSSR count). The molecule has 1 aliphatic carbocycles. The second-order valence-electron chi connectivity index (χ2n) is 5.24. The van der Waals surface area contributed by atoms with Gasteiger partial charge in [-0.15, -0.1) is 0 Å². The van der Waals surface area contributed by atoms with E-state index in [9.17, 15) is 0 Å². The Morgan fingerprint density at radius 3 is 2.63 bits per heavy atom. The van der Waals surface area contributed by atoms with E-state index in [1.165, 1.54) is 47.3 Å². The molecule has 2 N–H and O–H groups in total. The van der Waals surface area contributed by atoms with E-state index in [0.29, 0.717) is 6.54 Å². The van der Waals surface area contributed by atoms with E-state index >= 15 is 0 Å². The van der Waals surface area contributed by atoms with Crippen molar-refractivity contribution >= 4 is 11.4 Å². The van der Waals surface area contributed by atoms with Gasteiger partial charge in [-0.3, -0.25) is 0 Å². The highest BCUT2D eigenvalue weighted by Gasteiger charge is 2.12. The molecule has 0 aliphatic heterocycles. The van der Waals surface area contributed by atoms with E-state index in [4.69, 9.17) is 5.73 Å². The summed E-state index contributed by atoms with van der Waals surface area (Å²) in [5.74, 6) is 0. The molecule has 0 heterocycles. The van der Waals surface area contributed by atoms with Crippen LogP contribution in [0, 0.1) is 0 Å². The Morgan fingerprint density at radius 1 is 1.00 bits per heavy atom. The Kier molecular flexibility index (Phi) is 3.26. The fourth-order valence-electron chi connectivity index (χ4n) is 2.81. The van der Waals surface area contributed by atoms with Crippen molar-refractivity contribution in [3.63, 3.8) is 0 Å². The van der Waals surface area contributed by atoms with Crippen molar-refractivity contribution < 1.29 is 0 Å². The minimum absolute atomic E-state index is 0.589. The summed E-state index contributed by atoms with van der Waals surface area (Å²) in [4.78, 5) is 2.23. The summed E-state index contributed by atoms with van der Waals surface area (Å²) < 4.78 is 0. The smallest absolute Gasteiger partial charge is 0.0411 e. The van der Waals surface area contributed by atoms with Crippen LogP contribution in [-0.4, -0.2) is 7.05 Å². The first kappa shape index (κ1) is 12.2. The van der Waals surface area contributed by atoms with Gasteiger partial charge in [-0.25, -0.2) is 0 Å². The van der Waals surface area contributed by atoms with Crippen LogP contribution in [0.15, 0.2) is 42.5 Å². The lowest BCUT2D eigenvalue weighted by atomic mass is 10.1. The maximum Gasteiger partial charge on any atom is 0.0411 e.